The molecule has 3 heteroatoms. The predicted molar refractivity (Wildman–Crippen MR) is 46.8 cm³/mol. The molecule has 1 saturated carbocycles. The molecule has 0 bridgehead atoms. The van der Waals surface area contributed by atoms with Gasteiger partial charge in [0.2, 0.25) is 0 Å². The molecule has 64 valence electrons. The molecule has 1 aliphatic rings. The van der Waals surface area contributed by atoms with Crippen molar-refractivity contribution in [3.05, 3.63) is 23.8 Å². The highest BCUT2D eigenvalue weighted by Crippen LogP contribution is 2.38. The second-order valence-electron chi connectivity index (χ2n) is 3.21. The maximum Gasteiger partial charge on any atom is 0.129 e. The fourth-order valence-electron chi connectivity index (χ4n) is 1.27. The molecule has 0 aromatic carbocycles. The fourth-order valence-corrected chi connectivity index (χ4v) is 1.27. The van der Waals surface area contributed by atoms with E-state index in [0.717, 1.165) is 12.2 Å². The molecule has 2 rings (SSSR count). The van der Waals surface area contributed by atoms with Gasteiger partial charge in [-0.3, -0.25) is 0 Å². The van der Waals surface area contributed by atoms with Crippen LogP contribution in [0.3, 0.4) is 0 Å². The summed E-state index contributed by atoms with van der Waals surface area (Å²) in [5.41, 5.74) is 6.62. The first-order valence-corrected chi connectivity index (χ1v) is 4.42. The van der Waals surface area contributed by atoms with Crippen LogP contribution in [0, 0.1) is 0 Å². The van der Waals surface area contributed by atoms with Crippen molar-refractivity contribution < 1.29 is 0 Å². The molecule has 3 nitrogen and oxygen atoms in total. The van der Waals surface area contributed by atoms with Crippen molar-refractivity contribution >= 4 is 0 Å². The molecule has 2 N–H and O–H groups in total. The van der Waals surface area contributed by atoms with E-state index >= 15 is 0 Å². The zero-order chi connectivity index (χ0) is 8.39. The van der Waals surface area contributed by atoms with E-state index in [4.69, 9.17) is 5.73 Å². The summed E-state index contributed by atoms with van der Waals surface area (Å²) >= 11 is 0. The standard InChI is InChI=1S/C9H13N3/c10-5-3-9-11-6-4-8(12-9)7-1-2-7/h4,6-7H,1-3,5,10H2. The quantitative estimate of drug-likeness (QED) is 0.718. The van der Waals surface area contributed by atoms with Crippen molar-refractivity contribution in [1.29, 1.82) is 0 Å². The second-order valence-corrected chi connectivity index (χ2v) is 3.21. The van der Waals surface area contributed by atoms with E-state index in [1.807, 2.05) is 12.3 Å². The van der Waals surface area contributed by atoms with Gasteiger partial charge >= 0.3 is 0 Å². The van der Waals surface area contributed by atoms with Crippen LogP contribution in [-0.4, -0.2) is 16.5 Å². The molecule has 1 aromatic rings. The van der Waals surface area contributed by atoms with Crippen LogP contribution in [0.15, 0.2) is 12.3 Å². The fraction of sp³-hybridized carbons (Fsp3) is 0.556. The Morgan fingerprint density at radius 2 is 2.33 bits per heavy atom. The van der Waals surface area contributed by atoms with Crippen molar-refractivity contribution in [1.82, 2.24) is 9.97 Å². The van der Waals surface area contributed by atoms with E-state index < -0.39 is 0 Å². The monoisotopic (exact) mass is 163 g/mol. The Labute approximate surface area is 72.0 Å². The summed E-state index contributed by atoms with van der Waals surface area (Å²) in [5, 5.41) is 0. The van der Waals surface area contributed by atoms with E-state index in [0.29, 0.717) is 12.5 Å². The third kappa shape index (κ3) is 1.61. The van der Waals surface area contributed by atoms with Crippen LogP contribution >= 0.6 is 0 Å². The Bertz CT molecular complexity index is 268. The van der Waals surface area contributed by atoms with Gasteiger partial charge in [-0.25, -0.2) is 9.97 Å². The summed E-state index contributed by atoms with van der Waals surface area (Å²) < 4.78 is 0. The minimum absolute atomic E-state index is 0.633. The van der Waals surface area contributed by atoms with Gasteiger partial charge in [-0.15, -0.1) is 0 Å². The number of hydrogen-bond acceptors (Lipinski definition) is 3. The van der Waals surface area contributed by atoms with Crippen LogP contribution in [0.2, 0.25) is 0 Å². The Morgan fingerprint density at radius 1 is 1.50 bits per heavy atom. The molecule has 0 radical (unpaired) electrons. The maximum absolute atomic E-state index is 5.42. The Kier molecular flexibility index (Phi) is 2.04. The highest BCUT2D eigenvalue weighted by atomic mass is 14.9. The summed E-state index contributed by atoms with van der Waals surface area (Å²) in [6.07, 6.45) is 5.21. The Morgan fingerprint density at radius 3 is 3.00 bits per heavy atom. The summed E-state index contributed by atoms with van der Waals surface area (Å²) in [5.74, 6) is 1.60. The Hall–Kier alpha value is -0.960. The van der Waals surface area contributed by atoms with Gasteiger partial charge in [-0.1, -0.05) is 0 Å². The highest BCUT2D eigenvalue weighted by Gasteiger charge is 2.24. The summed E-state index contributed by atoms with van der Waals surface area (Å²) in [6, 6.07) is 2.01. The molecule has 0 saturated heterocycles. The summed E-state index contributed by atoms with van der Waals surface area (Å²) in [4.78, 5) is 8.58. The lowest BCUT2D eigenvalue weighted by molar-refractivity contribution is 0.837. The summed E-state index contributed by atoms with van der Waals surface area (Å²) in [6.45, 7) is 0.633. The van der Waals surface area contributed by atoms with Crippen molar-refractivity contribution in [3.63, 3.8) is 0 Å². The van der Waals surface area contributed by atoms with E-state index in [1.54, 1.807) is 0 Å². The third-order valence-corrected chi connectivity index (χ3v) is 2.09. The second kappa shape index (κ2) is 3.19. The first kappa shape index (κ1) is 7.68. The van der Waals surface area contributed by atoms with Gasteiger partial charge in [0.25, 0.3) is 0 Å². The predicted octanol–water partition coefficient (Wildman–Crippen LogP) is 0.855. The zero-order valence-corrected chi connectivity index (χ0v) is 7.03. The zero-order valence-electron chi connectivity index (χ0n) is 7.03. The number of aromatic nitrogens is 2. The van der Waals surface area contributed by atoms with Gasteiger partial charge < -0.3 is 5.73 Å². The average Bonchev–Trinajstić information content (AvgIpc) is 2.88. The lowest BCUT2D eigenvalue weighted by atomic mass is 10.3. The van der Waals surface area contributed by atoms with Crippen molar-refractivity contribution in [2.75, 3.05) is 6.54 Å². The minimum atomic E-state index is 0.633. The molecule has 1 aromatic heterocycles. The Balaban J connectivity index is 2.15. The van der Waals surface area contributed by atoms with Gasteiger partial charge in [-0.2, -0.15) is 0 Å². The van der Waals surface area contributed by atoms with Crippen LogP contribution in [0.25, 0.3) is 0 Å². The first-order valence-electron chi connectivity index (χ1n) is 4.42. The van der Waals surface area contributed by atoms with Crippen LogP contribution in [0.4, 0.5) is 0 Å². The topological polar surface area (TPSA) is 51.8 Å². The number of nitrogens with two attached hydrogens (primary N) is 1. The molecule has 1 heterocycles. The van der Waals surface area contributed by atoms with Gasteiger partial charge in [0.05, 0.1) is 0 Å². The number of rotatable bonds is 3. The average molecular weight is 163 g/mol. The molecule has 0 unspecified atom stereocenters. The third-order valence-electron chi connectivity index (χ3n) is 2.09. The smallest absolute Gasteiger partial charge is 0.129 e. The SMILES string of the molecule is NCCc1nccc(C2CC2)n1. The summed E-state index contributed by atoms with van der Waals surface area (Å²) in [7, 11) is 0. The van der Waals surface area contributed by atoms with Crippen LogP contribution in [0.5, 0.6) is 0 Å². The number of hydrogen-bond donors (Lipinski definition) is 1. The molecule has 12 heavy (non-hydrogen) atoms. The lowest BCUT2D eigenvalue weighted by Crippen LogP contribution is -2.07. The van der Waals surface area contributed by atoms with Crippen LogP contribution < -0.4 is 5.73 Å². The van der Waals surface area contributed by atoms with Crippen molar-refractivity contribution in [3.8, 4) is 0 Å². The van der Waals surface area contributed by atoms with Crippen LogP contribution in [0.1, 0.15) is 30.3 Å². The van der Waals surface area contributed by atoms with E-state index in [-0.39, 0.29) is 0 Å². The van der Waals surface area contributed by atoms with E-state index in [9.17, 15) is 0 Å². The molecule has 1 fully saturated rings. The van der Waals surface area contributed by atoms with Gasteiger partial charge in [0.15, 0.2) is 0 Å². The molecule has 0 spiro atoms. The molecule has 1 aliphatic carbocycles. The largest absolute Gasteiger partial charge is 0.330 e. The van der Waals surface area contributed by atoms with E-state index in [1.165, 1.54) is 18.5 Å². The molecular formula is C9H13N3. The van der Waals surface area contributed by atoms with E-state index in [2.05, 4.69) is 9.97 Å². The molecule has 0 amide bonds. The lowest BCUT2D eigenvalue weighted by Gasteiger charge is -1.99. The van der Waals surface area contributed by atoms with Gasteiger partial charge in [0, 0.05) is 24.2 Å². The maximum atomic E-state index is 5.42. The van der Waals surface area contributed by atoms with Crippen molar-refractivity contribution in [2.45, 2.75) is 25.2 Å². The minimum Gasteiger partial charge on any atom is -0.330 e. The molecular weight excluding hydrogens is 150 g/mol. The van der Waals surface area contributed by atoms with Gasteiger partial charge in [0.1, 0.15) is 5.82 Å². The normalized spacial score (nSPS) is 16.4. The first-order chi connectivity index (χ1) is 5.90. The molecule has 0 atom stereocenters. The molecule has 0 aliphatic heterocycles. The number of nitrogens with zero attached hydrogens (tertiary/aromatic N) is 2. The highest BCUT2D eigenvalue weighted by molar-refractivity contribution is 5.13. The van der Waals surface area contributed by atoms with Crippen LogP contribution in [-0.2, 0) is 6.42 Å². The van der Waals surface area contributed by atoms with Gasteiger partial charge in [-0.05, 0) is 25.5 Å². The van der Waals surface area contributed by atoms with Crippen molar-refractivity contribution in [2.24, 2.45) is 5.73 Å².